The van der Waals surface area contributed by atoms with Crippen molar-refractivity contribution in [2.24, 2.45) is 0 Å². The van der Waals surface area contributed by atoms with Crippen LogP contribution in [-0.4, -0.2) is 6.88 Å². The quantitative estimate of drug-likeness (QED) is 0.133. The Bertz CT molecular complexity index is 2740. The van der Waals surface area contributed by atoms with Gasteiger partial charge in [-0.2, -0.15) is 0 Å². The van der Waals surface area contributed by atoms with Crippen LogP contribution in [0.15, 0.2) is 132 Å². The molecule has 0 amide bonds. The van der Waals surface area contributed by atoms with E-state index >= 15 is 0 Å². The Kier molecular flexibility index (Phi) is 12.3. The Morgan fingerprint density at radius 1 is 0.364 bits per heavy atom. The molecule has 6 aromatic rings. The molecule has 6 aromatic carbocycles. The van der Waals surface area contributed by atoms with Gasteiger partial charge in [0, 0.05) is 0 Å². The molecule has 2 aliphatic rings. The summed E-state index contributed by atoms with van der Waals surface area (Å²) in [7, 11) is 0. The summed E-state index contributed by atoms with van der Waals surface area (Å²) in [5.41, 5.74) is 26.0. The zero-order valence-electron chi connectivity index (χ0n) is 43.5. The minimum absolute atomic E-state index is 0.0903. The maximum absolute atomic E-state index is 4.20. The van der Waals surface area contributed by atoms with Crippen LogP contribution in [0.5, 0.6) is 0 Å². The van der Waals surface area contributed by atoms with Crippen molar-refractivity contribution in [3.05, 3.63) is 177 Å². The average Bonchev–Trinajstić information content (AvgIpc) is 3.86. The van der Waals surface area contributed by atoms with Gasteiger partial charge in [0.25, 0.3) is 0 Å². The van der Waals surface area contributed by atoms with Gasteiger partial charge >= 0.3 is 406 Å². The third kappa shape index (κ3) is 8.77. The molecule has 0 spiro atoms. The van der Waals surface area contributed by atoms with E-state index in [9.17, 15) is 0 Å². The van der Waals surface area contributed by atoms with Gasteiger partial charge < -0.3 is 0 Å². The summed E-state index contributed by atoms with van der Waals surface area (Å²) in [5, 5.41) is 0. The van der Waals surface area contributed by atoms with Crippen molar-refractivity contribution in [3.8, 4) is 44.5 Å². The van der Waals surface area contributed by atoms with Crippen molar-refractivity contribution < 1.29 is 17.4 Å². The molecule has 8 rings (SSSR count). The van der Waals surface area contributed by atoms with E-state index in [1.54, 1.807) is 22.3 Å². The van der Waals surface area contributed by atoms with Crippen molar-refractivity contribution in [1.82, 2.24) is 0 Å². The second-order valence-electron chi connectivity index (χ2n) is 25.2. The standard InChI is InChI=1S/2C31H35.2CH3.H2Si.Zr/c2*1-8-21-19-28-26(22-9-13-24(14-10-22)30(2,3)4)17-18-27(29(28)20-21)23-11-15-25(16-12-23)31(5,6)7;;;;/h2*9-20H,8H2,1-7H3;2*1H3;1H2;. The molecule has 0 fully saturated rings. The van der Waals surface area contributed by atoms with Crippen LogP contribution in [0.25, 0.3) is 56.7 Å². The summed E-state index contributed by atoms with van der Waals surface area (Å²) in [6.45, 7) is 35.2. The van der Waals surface area contributed by atoms with Crippen LogP contribution < -0.4 is 0 Å². The second-order valence-corrected chi connectivity index (χ2v) is 55.7. The van der Waals surface area contributed by atoms with Gasteiger partial charge in [-0.25, -0.2) is 0 Å². The van der Waals surface area contributed by atoms with Crippen LogP contribution in [-0.2, 0) is 39.1 Å². The summed E-state index contributed by atoms with van der Waals surface area (Å²) in [5.74, 6) is 0. The number of allylic oxidation sites excluding steroid dienone is 2. The molecule has 2 unspecified atom stereocenters. The molecule has 0 heterocycles. The molecule has 0 saturated carbocycles. The third-order valence-electron chi connectivity index (χ3n) is 15.5. The van der Waals surface area contributed by atoms with Crippen LogP contribution in [0.3, 0.4) is 0 Å². The fourth-order valence-corrected chi connectivity index (χ4v) is 31.6. The van der Waals surface area contributed by atoms with E-state index in [2.05, 4.69) is 247 Å². The summed E-state index contributed by atoms with van der Waals surface area (Å²) in [6.07, 6.45) is 7.41. The molecule has 0 aliphatic heterocycles. The number of rotatable bonds is 8. The van der Waals surface area contributed by atoms with Gasteiger partial charge in [0.2, 0.25) is 0 Å². The van der Waals surface area contributed by atoms with Crippen LogP contribution in [0.1, 0.15) is 162 Å². The number of fused-ring (bicyclic) bond motifs is 2. The van der Waals surface area contributed by atoms with E-state index in [1.165, 1.54) is 77.9 Å². The normalized spacial score (nSPS) is 16.8. The van der Waals surface area contributed by atoms with Gasteiger partial charge in [0.05, 0.1) is 0 Å². The van der Waals surface area contributed by atoms with Crippen LogP contribution in [0.2, 0.25) is 9.26 Å². The van der Waals surface area contributed by atoms with Gasteiger partial charge in [-0.15, -0.1) is 0 Å². The molecule has 2 aliphatic carbocycles. The number of hydrogen-bond acceptors (Lipinski definition) is 0. The fourth-order valence-electron chi connectivity index (χ4n) is 11.7. The molecule has 0 nitrogen and oxygen atoms in total. The van der Waals surface area contributed by atoms with Gasteiger partial charge in [0.1, 0.15) is 0 Å². The molecule has 0 radical (unpaired) electrons. The molecule has 0 bridgehead atoms. The van der Waals surface area contributed by atoms with E-state index in [0.717, 1.165) is 12.8 Å². The Balaban J connectivity index is 1.40. The molecular formula is C64H78SiZr. The van der Waals surface area contributed by atoms with Gasteiger partial charge in [-0.05, 0) is 0 Å². The van der Waals surface area contributed by atoms with Crippen LogP contribution >= 0.6 is 0 Å². The zero-order valence-corrected chi connectivity index (χ0v) is 47.3. The van der Waals surface area contributed by atoms with Gasteiger partial charge in [0.15, 0.2) is 0 Å². The van der Waals surface area contributed by atoms with E-state index in [-0.39, 0.29) is 21.7 Å². The predicted octanol–water partition coefficient (Wildman–Crippen LogP) is 18.3. The van der Waals surface area contributed by atoms with Crippen molar-refractivity contribution >= 4 is 19.0 Å². The third-order valence-corrected chi connectivity index (χ3v) is 32.9. The van der Waals surface area contributed by atoms with Crippen molar-refractivity contribution in [3.63, 3.8) is 0 Å². The van der Waals surface area contributed by atoms with E-state index in [4.69, 9.17) is 0 Å². The first-order chi connectivity index (χ1) is 30.7. The molecule has 0 N–H and O–H groups in total. The minimum atomic E-state index is -4.20. The molecule has 0 saturated heterocycles. The van der Waals surface area contributed by atoms with Gasteiger partial charge in [-0.1, -0.05) is 0 Å². The molecule has 0 aromatic heterocycles. The first-order valence-electron chi connectivity index (χ1n) is 25.0. The Morgan fingerprint density at radius 2 is 0.591 bits per heavy atom. The zero-order chi connectivity index (χ0) is 48.0. The van der Waals surface area contributed by atoms with Gasteiger partial charge in [-0.3, -0.25) is 0 Å². The van der Waals surface area contributed by atoms with Crippen LogP contribution in [0.4, 0.5) is 0 Å². The summed E-state index contributed by atoms with van der Waals surface area (Å²) in [4.78, 5) is 0. The second kappa shape index (κ2) is 16.8. The molecule has 66 heavy (non-hydrogen) atoms. The van der Waals surface area contributed by atoms with E-state index < -0.39 is 17.4 Å². The average molecular weight is 967 g/mol. The van der Waals surface area contributed by atoms with Crippen LogP contribution in [0, 0.1) is 0 Å². The number of benzene rings is 6. The van der Waals surface area contributed by atoms with E-state index in [1.807, 2.05) is 0 Å². The maximum atomic E-state index is 2.85. The molecule has 2 heteroatoms. The van der Waals surface area contributed by atoms with E-state index in [0.29, 0.717) is 7.25 Å². The monoisotopic (exact) mass is 964 g/mol. The first kappa shape index (κ1) is 48.4. The van der Waals surface area contributed by atoms with Crippen molar-refractivity contribution in [1.29, 1.82) is 0 Å². The summed E-state index contributed by atoms with van der Waals surface area (Å²) < 4.78 is 6.43. The number of hydrogen-bond donors (Lipinski definition) is 0. The molecule has 342 valence electrons. The fraction of sp³-hybridized carbons (Fsp3) is 0.375. The summed E-state index contributed by atoms with van der Waals surface area (Å²) in [6, 6.07) is 48.1. The Morgan fingerprint density at radius 3 is 0.818 bits per heavy atom. The topological polar surface area (TPSA) is 0 Å². The predicted molar refractivity (Wildman–Crippen MR) is 292 cm³/mol. The Labute approximate surface area is 403 Å². The molecular weight excluding hydrogens is 888 g/mol. The Hall–Kier alpha value is -4.10. The molecule has 2 atom stereocenters. The SMILES string of the molecule is CCC1=Cc2c(-c3ccc(C(C)(C)C)cc3)ccc(-c3ccc(C(C)(C)C)cc3)c2[CH]1[Zr]([CH3])([CH3])(=[SiH2])[CH]1C(CC)=Cc2c(-c3ccc(C(C)(C)C)cc3)ccc(-c3ccc(C(C)(C)C)cc3)c21. The summed E-state index contributed by atoms with van der Waals surface area (Å²) >= 11 is -4.20. The first-order valence-corrected chi connectivity index (χ1v) is 38.6. The van der Waals surface area contributed by atoms with Crippen molar-refractivity contribution in [2.45, 2.75) is 148 Å². The van der Waals surface area contributed by atoms with Crippen molar-refractivity contribution in [2.75, 3.05) is 0 Å².